The molecule has 0 nitrogen and oxygen atoms in total. The van der Waals surface area contributed by atoms with Gasteiger partial charge in [0.05, 0.1) is 0 Å². The van der Waals surface area contributed by atoms with E-state index in [0.717, 1.165) is 11.8 Å². The maximum Gasteiger partial charge on any atom is -0.0206 e. The Morgan fingerprint density at radius 2 is 1.58 bits per heavy atom. The van der Waals surface area contributed by atoms with Crippen molar-refractivity contribution >= 4 is 0 Å². The second-order valence-corrected chi connectivity index (χ2v) is 6.78. The van der Waals surface area contributed by atoms with Gasteiger partial charge in [0.2, 0.25) is 0 Å². The highest BCUT2D eigenvalue weighted by Crippen LogP contribution is 2.31. The number of unbranched alkanes of at least 4 members (excludes halogenated alkanes) is 6. The zero-order chi connectivity index (χ0) is 13.9. The molecule has 1 aliphatic rings. The lowest BCUT2D eigenvalue weighted by Crippen LogP contribution is -1.99. The van der Waals surface area contributed by atoms with Gasteiger partial charge in [-0.3, -0.25) is 0 Å². The topological polar surface area (TPSA) is 0 Å². The highest BCUT2D eigenvalue weighted by molar-refractivity contribution is 5.06. The molecule has 1 aliphatic carbocycles. The smallest absolute Gasteiger partial charge is 0.0206 e. The summed E-state index contributed by atoms with van der Waals surface area (Å²) in [5.41, 5.74) is 1.69. The molecule has 0 aromatic rings. The normalized spacial score (nSPS) is 19.0. The number of allylic oxidation sites excluding steroid dienone is 2. The van der Waals surface area contributed by atoms with Crippen LogP contribution in [-0.2, 0) is 0 Å². The van der Waals surface area contributed by atoms with Crippen LogP contribution in [0.5, 0.6) is 0 Å². The van der Waals surface area contributed by atoms with Gasteiger partial charge in [0.25, 0.3) is 0 Å². The van der Waals surface area contributed by atoms with Crippen molar-refractivity contribution in [2.45, 2.75) is 97.8 Å². The van der Waals surface area contributed by atoms with Gasteiger partial charge in [-0.25, -0.2) is 0 Å². The van der Waals surface area contributed by atoms with Crippen molar-refractivity contribution in [1.82, 2.24) is 0 Å². The van der Waals surface area contributed by atoms with E-state index in [1.165, 1.54) is 77.0 Å². The summed E-state index contributed by atoms with van der Waals surface area (Å²) in [6, 6.07) is 0. The first-order valence-corrected chi connectivity index (χ1v) is 8.92. The van der Waals surface area contributed by atoms with Gasteiger partial charge >= 0.3 is 0 Å². The molecule has 19 heavy (non-hydrogen) atoms. The predicted molar refractivity (Wildman–Crippen MR) is 87.5 cm³/mol. The zero-order valence-electron chi connectivity index (χ0n) is 13.7. The van der Waals surface area contributed by atoms with E-state index in [4.69, 9.17) is 0 Å². The summed E-state index contributed by atoms with van der Waals surface area (Å²) in [5, 5.41) is 0. The monoisotopic (exact) mass is 264 g/mol. The van der Waals surface area contributed by atoms with Crippen LogP contribution >= 0.6 is 0 Å². The van der Waals surface area contributed by atoms with Crippen molar-refractivity contribution in [1.29, 1.82) is 0 Å². The second-order valence-electron chi connectivity index (χ2n) is 6.78. The molecule has 0 spiro atoms. The van der Waals surface area contributed by atoms with Crippen molar-refractivity contribution in [3.63, 3.8) is 0 Å². The van der Waals surface area contributed by atoms with Crippen LogP contribution in [0.4, 0.5) is 0 Å². The molecule has 0 bridgehead atoms. The molecule has 1 saturated carbocycles. The molecule has 1 atom stereocenters. The van der Waals surface area contributed by atoms with Crippen LogP contribution in [0.2, 0.25) is 0 Å². The molecular weight excluding hydrogens is 228 g/mol. The van der Waals surface area contributed by atoms with Crippen LogP contribution in [0, 0.1) is 11.8 Å². The van der Waals surface area contributed by atoms with E-state index < -0.39 is 0 Å². The summed E-state index contributed by atoms with van der Waals surface area (Å²) >= 11 is 0. The highest BCUT2D eigenvalue weighted by atomic mass is 14.2. The molecule has 1 unspecified atom stereocenters. The molecule has 0 aromatic heterocycles. The first kappa shape index (κ1) is 16.8. The fourth-order valence-electron chi connectivity index (χ4n) is 3.47. The average Bonchev–Trinajstić information content (AvgIpc) is 2.91. The first-order chi connectivity index (χ1) is 9.24. The summed E-state index contributed by atoms with van der Waals surface area (Å²) in [6.07, 6.45) is 19.8. The van der Waals surface area contributed by atoms with Crippen molar-refractivity contribution in [3.8, 4) is 0 Å². The van der Waals surface area contributed by atoms with Gasteiger partial charge in [0.1, 0.15) is 0 Å². The standard InChI is InChI=1S/C19H36/c1-4-5-6-7-8-9-10-13-17(2)16-18(3)19-14-11-12-15-19/h16-17,19H,4-15H2,1-3H3. The Hall–Kier alpha value is -0.260. The van der Waals surface area contributed by atoms with Crippen LogP contribution in [0.25, 0.3) is 0 Å². The third-order valence-corrected chi connectivity index (χ3v) is 4.81. The Morgan fingerprint density at radius 1 is 1.00 bits per heavy atom. The first-order valence-electron chi connectivity index (χ1n) is 8.92. The Bertz CT molecular complexity index is 232. The van der Waals surface area contributed by atoms with E-state index in [2.05, 4.69) is 26.8 Å². The summed E-state index contributed by atoms with van der Waals surface area (Å²) in [4.78, 5) is 0. The number of hydrogen-bond acceptors (Lipinski definition) is 0. The minimum Gasteiger partial charge on any atom is -0.0825 e. The lowest BCUT2D eigenvalue weighted by Gasteiger charge is -2.13. The lowest BCUT2D eigenvalue weighted by atomic mass is 9.93. The van der Waals surface area contributed by atoms with E-state index in [1.54, 1.807) is 5.57 Å². The molecule has 0 saturated heterocycles. The molecule has 0 heteroatoms. The Labute approximate surface area is 122 Å². The van der Waals surface area contributed by atoms with E-state index >= 15 is 0 Å². The Morgan fingerprint density at radius 3 is 2.21 bits per heavy atom. The third-order valence-electron chi connectivity index (χ3n) is 4.81. The van der Waals surface area contributed by atoms with Crippen LogP contribution in [-0.4, -0.2) is 0 Å². The van der Waals surface area contributed by atoms with Crippen LogP contribution in [0.1, 0.15) is 97.8 Å². The molecule has 1 fully saturated rings. The molecule has 0 amide bonds. The van der Waals surface area contributed by atoms with Gasteiger partial charge in [-0.15, -0.1) is 0 Å². The highest BCUT2D eigenvalue weighted by Gasteiger charge is 2.16. The van der Waals surface area contributed by atoms with Crippen LogP contribution < -0.4 is 0 Å². The maximum absolute atomic E-state index is 2.58. The fourth-order valence-corrected chi connectivity index (χ4v) is 3.47. The van der Waals surface area contributed by atoms with Crippen LogP contribution in [0.15, 0.2) is 11.6 Å². The van der Waals surface area contributed by atoms with E-state index in [-0.39, 0.29) is 0 Å². The minimum absolute atomic E-state index is 0.802. The van der Waals surface area contributed by atoms with Gasteiger partial charge < -0.3 is 0 Å². The summed E-state index contributed by atoms with van der Waals surface area (Å²) in [5.74, 6) is 1.73. The van der Waals surface area contributed by atoms with Crippen LogP contribution in [0.3, 0.4) is 0 Å². The van der Waals surface area contributed by atoms with Gasteiger partial charge in [-0.2, -0.15) is 0 Å². The Balaban J connectivity index is 2.03. The summed E-state index contributed by atoms with van der Waals surface area (Å²) in [6.45, 7) is 7.08. The molecule has 1 rings (SSSR count). The molecule has 0 aliphatic heterocycles. The SMILES string of the molecule is CCCCCCCCCC(C)C=C(C)C1CCCC1. The van der Waals surface area contributed by atoms with Gasteiger partial charge in [-0.1, -0.05) is 83.3 Å². The average molecular weight is 264 g/mol. The van der Waals surface area contributed by atoms with E-state index in [1.807, 2.05) is 0 Å². The molecular formula is C19H36. The molecule has 0 radical (unpaired) electrons. The maximum atomic E-state index is 2.58. The quantitative estimate of drug-likeness (QED) is 0.297. The minimum atomic E-state index is 0.802. The Kier molecular flexibility index (Phi) is 9.30. The molecule has 0 heterocycles. The summed E-state index contributed by atoms with van der Waals surface area (Å²) < 4.78 is 0. The van der Waals surface area contributed by atoms with Crippen molar-refractivity contribution in [3.05, 3.63) is 11.6 Å². The third kappa shape index (κ3) is 7.80. The zero-order valence-corrected chi connectivity index (χ0v) is 13.7. The van der Waals surface area contributed by atoms with Crippen molar-refractivity contribution in [2.75, 3.05) is 0 Å². The van der Waals surface area contributed by atoms with E-state index in [9.17, 15) is 0 Å². The van der Waals surface area contributed by atoms with Gasteiger partial charge in [-0.05, 0) is 38.0 Å². The summed E-state index contributed by atoms with van der Waals surface area (Å²) in [7, 11) is 0. The largest absolute Gasteiger partial charge is 0.0825 e. The fraction of sp³-hybridized carbons (Fsp3) is 0.895. The molecule has 0 N–H and O–H groups in total. The number of rotatable bonds is 10. The molecule has 0 aromatic carbocycles. The van der Waals surface area contributed by atoms with Gasteiger partial charge in [0, 0.05) is 0 Å². The van der Waals surface area contributed by atoms with Gasteiger partial charge in [0.15, 0.2) is 0 Å². The lowest BCUT2D eigenvalue weighted by molar-refractivity contribution is 0.530. The predicted octanol–water partition coefficient (Wildman–Crippen LogP) is 6.90. The van der Waals surface area contributed by atoms with E-state index in [0.29, 0.717) is 0 Å². The van der Waals surface area contributed by atoms with Crippen molar-refractivity contribution in [2.24, 2.45) is 11.8 Å². The second kappa shape index (κ2) is 10.5. The number of hydrogen-bond donors (Lipinski definition) is 0. The van der Waals surface area contributed by atoms with Crippen molar-refractivity contribution < 1.29 is 0 Å². The molecule has 112 valence electrons.